The molecule has 0 aromatic heterocycles. The van der Waals surface area contributed by atoms with Crippen LogP contribution in [-0.4, -0.2) is 29.1 Å². The molecule has 0 aliphatic carbocycles. The summed E-state index contributed by atoms with van der Waals surface area (Å²) in [4.78, 5) is 11.2. The molecule has 1 aromatic carbocycles. The lowest BCUT2D eigenvalue weighted by Crippen LogP contribution is -2.35. The Labute approximate surface area is 100 Å². The molecule has 94 valence electrons. The molecule has 3 N–H and O–H groups in total. The maximum absolute atomic E-state index is 11.2. The SMILES string of the molecule is O=C(N[C@@H](O)CCCO)OCc1ccccc1. The van der Waals surface area contributed by atoms with Crippen LogP contribution in [0.2, 0.25) is 0 Å². The van der Waals surface area contributed by atoms with Crippen LogP contribution in [0.15, 0.2) is 30.3 Å². The highest BCUT2D eigenvalue weighted by atomic mass is 16.6. The normalized spacial score (nSPS) is 11.9. The Kier molecular flexibility index (Phi) is 6.06. The molecule has 0 saturated carbocycles. The predicted octanol–water partition coefficient (Wildman–Crippen LogP) is 1.00. The molecule has 5 nitrogen and oxygen atoms in total. The van der Waals surface area contributed by atoms with E-state index in [2.05, 4.69) is 5.32 Å². The van der Waals surface area contributed by atoms with E-state index in [9.17, 15) is 9.90 Å². The van der Waals surface area contributed by atoms with E-state index < -0.39 is 12.3 Å². The van der Waals surface area contributed by atoms with E-state index in [-0.39, 0.29) is 13.2 Å². The van der Waals surface area contributed by atoms with Gasteiger partial charge in [0.05, 0.1) is 0 Å². The number of benzene rings is 1. The fourth-order valence-corrected chi connectivity index (χ4v) is 1.26. The van der Waals surface area contributed by atoms with Gasteiger partial charge in [-0.25, -0.2) is 4.79 Å². The van der Waals surface area contributed by atoms with Crippen molar-refractivity contribution in [2.45, 2.75) is 25.7 Å². The molecule has 1 rings (SSSR count). The van der Waals surface area contributed by atoms with E-state index in [0.717, 1.165) is 5.56 Å². The molecule has 0 unspecified atom stereocenters. The fraction of sp³-hybridized carbons (Fsp3) is 0.417. The average Bonchev–Trinajstić information content (AvgIpc) is 2.35. The van der Waals surface area contributed by atoms with E-state index in [1.165, 1.54) is 0 Å². The van der Waals surface area contributed by atoms with Crippen molar-refractivity contribution < 1.29 is 19.7 Å². The predicted molar refractivity (Wildman–Crippen MR) is 62.1 cm³/mol. The molecule has 0 aliphatic rings. The number of ether oxygens (including phenoxy) is 1. The lowest BCUT2D eigenvalue weighted by Gasteiger charge is -2.12. The van der Waals surface area contributed by atoms with Gasteiger partial charge in [0.15, 0.2) is 0 Å². The summed E-state index contributed by atoms with van der Waals surface area (Å²) < 4.78 is 4.91. The van der Waals surface area contributed by atoms with Crippen LogP contribution < -0.4 is 5.32 Å². The minimum atomic E-state index is -0.981. The Morgan fingerprint density at radius 3 is 2.71 bits per heavy atom. The standard InChI is InChI=1S/C12H17NO4/c14-8-4-7-11(15)13-12(16)17-9-10-5-2-1-3-6-10/h1-3,5-6,11,14-15H,4,7-9H2,(H,13,16)/t11-/m0/s1. The summed E-state index contributed by atoms with van der Waals surface area (Å²) in [7, 11) is 0. The first-order valence-electron chi connectivity index (χ1n) is 5.48. The molecule has 0 aliphatic heterocycles. The summed E-state index contributed by atoms with van der Waals surface area (Å²) in [5, 5.41) is 20.1. The van der Waals surface area contributed by atoms with Gasteiger partial charge < -0.3 is 14.9 Å². The molecule has 5 heteroatoms. The molecular formula is C12H17NO4. The van der Waals surface area contributed by atoms with Gasteiger partial charge in [0.25, 0.3) is 0 Å². The van der Waals surface area contributed by atoms with Crippen molar-refractivity contribution in [1.29, 1.82) is 0 Å². The van der Waals surface area contributed by atoms with Gasteiger partial charge in [-0.15, -0.1) is 0 Å². The van der Waals surface area contributed by atoms with Crippen LogP contribution in [0.4, 0.5) is 4.79 Å². The Hall–Kier alpha value is -1.59. The number of aliphatic hydroxyl groups is 2. The van der Waals surface area contributed by atoms with Crippen LogP contribution in [0.25, 0.3) is 0 Å². The summed E-state index contributed by atoms with van der Waals surface area (Å²) in [5.41, 5.74) is 0.882. The molecule has 0 bridgehead atoms. The van der Waals surface area contributed by atoms with Crippen molar-refractivity contribution in [2.75, 3.05) is 6.61 Å². The van der Waals surface area contributed by atoms with E-state index in [1.807, 2.05) is 30.3 Å². The molecule has 0 saturated heterocycles. The van der Waals surface area contributed by atoms with Crippen molar-refractivity contribution in [3.63, 3.8) is 0 Å². The Morgan fingerprint density at radius 1 is 1.35 bits per heavy atom. The smallest absolute Gasteiger partial charge is 0.409 e. The van der Waals surface area contributed by atoms with Gasteiger partial charge in [-0.1, -0.05) is 30.3 Å². The number of rotatable bonds is 6. The highest BCUT2D eigenvalue weighted by molar-refractivity contribution is 5.67. The molecule has 1 atom stereocenters. The zero-order valence-electron chi connectivity index (χ0n) is 9.50. The highest BCUT2D eigenvalue weighted by Gasteiger charge is 2.09. The van der Waals surface area contributed by atoms with Crippen LogP contribution in [0.5, 0.6) is 0 Å². The van der Waals surface area contributed by atoms with Crippen LogP contribution in [-0.2, 0) is 11.3 Å². The van der Waals surface area contributed by atoms with Gasteiger partial charge in [-0.05, 0) is 18.4 Å². The topological polar surface area (TPSA) is 78.8 Å². The zero-order valence-corrected chi connectivity index (χ0v) is 9.50. The highest BCUT2D eigenvalue weighted by Crippen LogP contribution is 2.01. The number of carbonyl (C=O) groups excluding carboxylic acids is 1. The van der Waals surface area contributed by atoms with E-state index in [0.29, 0.717) is 12.8 Å². The Bertz CT molecular complexity index is 329. The lowest BCUT2D eigenvalue weighted by molar-refractivity contribution is 0.0859. The third-order valence-electron chi connectivity index (χ3n) is 2.13. The van der Waals surface area contributed by atoms with Gasteiger partial charge in [0, 0.05) is 6.61 Å². The number of hydrogen-bond donors (Lipinski definition) is 3. The van der Waals surface area contributed by atoms with Crippen LogP contribution in [0, 0.1) is 0 Å². The molecule has 1 amide bonds. The van der Waals surface area contributed by atoms with Gasteiger partial charge >= 0.3 is 6.09 Å². The first-order valence-corrected chi connectivity index (χ1v) is 5.48. The van der Waals surface area contributed by atoms with Crippen molar-refractivity contribution in [2.24, 2.45) is 0 Å². The number of amides is 1. The lowest BCUT2D eigenvalue weighted by atomic mass is 10.2. The molecule has 0 spiro atoms. The number of carbonyl (C=O) groups is 1. The second-order valence-electron chi connectivity index (χ2n) is 3.59. The summed E-state index contributed by atoms with van der Waals surface area (Å²) in [5.74, 6) is 0. The van der Waals surface area contributed by atoms with Crippen LogP contribution in [0.1, 0.15) is 18.4 Å². The summed E-state index contributed by atoms with van der Waals surface area (Å²) in [6.45, 7) is 0.150. The average molecular weight is 239 g/mol. The summed E-state index contributed by atoms with van der Waals surface area (Å²) in [6, 6.07) is 9.27. The minimum Gasteiger partial charge on any atom is -0.445 e. The van der Waals surface area contributed by atoms with Crippen molar-refractivity contribution in [3.05, 3.63) is 35.9 Å². The maximum Gasteiger partial charge on any atom is 0.409 e. The number of aliphatic hydroxyl groups excluding tert-OH is 2. The Morgan fingerprint density at radius 2 is 2.06 bits per heavy atom. The molecule has 0 heterocycles. The Balaban J connectivity index is 2.21. The number of nitrogens with one attached hydrogen (secondary N) is 1. The maximum atomic E-state index is 11.2. The second kappa shape index (κ2) is 7.65. The van der Waals surface area contributed by atoms with Crippen LogP contribution >= 0.6 is 0 Å². The molecular weight excluding hydrogens is 222 g/mol. The molecule has 0 fully saturated rings. The fourth-order valence-electron chi connectivity index (χ4n) is 1.26. The zero-order chi connectivity index (χ0) is 12.5. The van der Waals surface area contributed by atoms with E-state index >= 15 is 0 Å². The largest absolute Gasteiger partial charge is 0.445 e. The first kappa shape index (κ1) is 13.5. The van der Waals surface area contributed by atoms with Crippen LogP contribution in [0.3, 0.4) is 0 Å². The van der Waals surface area contributed by atoms with E-state index in [4.69, 9.17) is 9.84 Å². The second-order valence-corrected chi connectivity index (χ2v) is 3.59. The monoisotopic (exact) mass is 239 g/mol. The molecule has 17 heavy (non-hydrogen) atoms. The number of alkyl carbamates (subject to hydrolysis) is 1. The third-order valence-corrected chi connectivity index (χ3v) is 2.13. The van der Waals surface area contributed by atoms with Crippen molar-refractivity contribution in [1.82, 2.24) is 5.32 Å². The third kappa shape index (κ3) is 5.89. The number of hydrogen-bond acceptors (Lipinski definition) is 4. The summed E-state index contributed by atoms with van der Waals surface area (Å²) >= 11 is 0. The van der Waals surface area contributed by atoms with Gasteiger partial charge in [0.2, 0.25) is 0 Å². The first-order chi connectivity index (χ1) is 8.22. The van der Waals surface area contributed by atoms with Crippen molar-refractivity contribution in [3.8, 4) is 0 Å². The molecule has 1 aromatic rings. The molecule has 0 radical (unpaired) electrons. The summed E-state index contributed by atoms with van der Waals surface area (Å²) in [6.07, 6.45) is -0.915. The minimum absolute atomic E-state index is 0.0161. The quantitative estimate of drug-likeness (QED) is 0.647. The van der Waals surface area contributed by atoms with Gasteiger partial charge in [0.1, 0.15) is 12.8 Å². The van der Waals surface area contributed by atoms with Gasteiger partial charge in [-0.3, -0.25) is 5.32 Å². The van der Waals surface area contributed by atoms with E-state index in [1.54, 1.807) is 0 Å². The van der Waals surface area contributed by atoms with Crippen molar-refractivity contribution >= 4 is 6.09 Å². The van der Waals surface area contributed by atoms with Gasteiger partial charge in [-0.2, -0.15) is 0 Å².